The lowest BCUT2D eigenvalue weighted by Crippen LogP contribution is -2.60. The summed E-state index contributed by atoms with van der Waals surface area (Å²) in [5.41, 5.74) is 1.66. The minimum atomic E-state index is -1.44. The molecule has 5 heteroatoms. The third kappa shape index (κ3) is 2.00. The molecule has 2 N–H and O–H groups in total. The third-order valence-corrected chi connectivity index (χ3v) is 2.84. The fraction of sp³-hybridized carbons (Fsp3) is 0.231. The number of carboxylic acid groups (broad SMARTS) is 1. The number of likely N-dealkylation sites (N-methyl/N-ethyl adjacent to an activating group) is 1. The van der Waals surface area contributed by atoms with Crippen LogP contribution in [0.4, 0.5) is 0 Å². The quantitative estimate of drug-likeness (QED) is 0.834. The maximum Gasteiger partial charge on any atom is 0.369 e. The van der Waals surface area contributed by atoms with Gasteiger partial charge in [0.15, 0.2) is 0 Å². The Balaban J connectivity index is 2.37. The van der Waals surface area contributed by atoms with Crippen LogP contribution in [-0.4, -0.2) is 42.1 Å². The number of allylic oxidation sites excluding steroid dienone is 1. The maximum absolute atomic E-state index is 11.4. The van der Waals surface area contributed by atoms with Crippen LogP contribution in [-0.2, 0) is 4.79 Å². The summed E-state index contributed by atoms with van der Waals surface area (Å²) in [6.45, 7) is 0. The van der Waals surface area contributed by atoms with E-state index in [1.165, 1.54) is 11.1 Å². The van der Waals surface area contributed by atoms with Gasteiger partial charge in [-0.3, -0.25) is 4.90 Å². The van der Waals surface area contributed by atoms with E-state index in [1.807, 2.05) is 30.3 Å². The molecule has 94 valence electrons. The van der Waals surface area contributed by atoms with Gasteiger partial charge in [0, 0.05) is 11.9 Å². The Kier molecular flexibility index (Phi) is 3.16. The number of carbonyl (C=O) groups is 1. The lowest BCUT2D eigenvalue weighted by molar-refractivity contribution is -0.150. The van der Waals surface area contributed by atoms with E-state index >= 15 is 0 Å². The molecule has 0 spiro atoms. The standard InChI is InChI=1S/C13H15N3O2/c1-16(2)13(12(17)18)14-9-8-11(15-13)10-6-4-3-5-7-10/h3-9,15H,1-2H3,(H,17,18). The van der Waals surface area contributed by atoms with Gasteiger partial charge in [0.25, 0.3) is 5.79 Å². The van der Waals surface area contributed by atoms with Crippen LogP contribution in [0.25, 0.3) is 5.70 Å². The largest absolute Gasteiger partial charge is 0.477 e. The molecule has 0 aliphatic carbocycles. The second-order valence-electron chi connectivity index (χ2n) is 4.22. The van der Waals surface area contributed by atoms with Gasteiger partial charge in [-0.2, -0.15) is 0 Å². The molecule has 0 fully saturated rings. The van der Waals surface area contributed by atoms with Crippen molar-refractivity contribution in [2.24, 2.45) is 4.99 Å². The van der Waals surface area contributed by atoms with Crippen molar-refractivity contribution in [1.82, 2.24) is 10.2 Å². The van der Waals surface area contributed by atoms with Crippen molar-refractivity contribution < 1.29 is 9.90 Å². The molecule has 1 heterocycles. The molecule has 0 saturated heterocycles. The van der Waals surface area contributed by atoms with Crippen LogP contribution in [0.1, 0.15) is 5.56 Å². The fourth-order valence-corrected chi connectivity index (χ4v) is 1.79. The Morgan fingerprint density at radius 1 is 1.33 bits per heavy atom. The number of nitrogens with zero attached hydrogens (tertiary/aromatic N) is 2. The molecular formula is C13H15N3O2. The molecule has 1 atom stereocenters. The topological polar surface area (TPSA) is 64.9 Å². The summed E-state index contributed by atoms with van der Waals surface area (Å²) in [6.07, 6.45) is 3.28. The monoisotopic (exact) mass is 245 g/mol. The molecule has 0 amide bonds. The molecular weight excluding hydrogens is 230 g/mol. The van der Waals surface area contributed by atoms with E-state index in [0.717, 1.165) is 11.3 Å². The summed E-state index contributed by atoms with van der Waals surface area (Å²) >= 11 is 0. The van der Waals surface area contributed by atoms with Crippen LogP contribution in [0.15, 0.2) is 41.4 Å². The van der Waals surface area contributed by atoms with Crippen LogP contribution < -0.4 is 5.32 Å². The minimum absolute atomic E-state index is 0.738. The average Bonchev–Trinajstić information content (AvgIpc) is 2.39. The molecule has 1 aliphatic heterocycles. The first-order chi connectivity index (χ1) is 8.56. The summed E-state index contributed by atoms with van der Waals surface area (Å²) in [5.74, 6) is -2.48. The van der Waals surface area contributed by atoms with Gasteiger partial charge in [-0.1, -0.05) is 30.3 Å². The zero-order valence-electron chi connectivity index (χ0n) is 10.3. The number of hydrogen-bond acceptors (Lipinski definition) is 4. The summed E-state index contributed by atoms with van der Waals surface area (Å²) < 4.78 is 0. The first-order valence-electron chi connectivity index (χ1n) is 5.56. The lowest BCUT2D eigenvalue weighted by Gasteiger charge is -2.35. The SMILES string of the molecule is CN(C)C1(C(=O)O)N=CC=C(c2ccccc2)N1. The zero-order valence-corrected chi connectivity index (χ0v) is 10.3. The maximum atomic E-state index is 11.4. The van der Waals surface area contributed by atoms with E-state index in [4.69, 9.17) is 0 Å². The van der Waals surface area contributed by atoms with E-state index in [2.05, 4.69) is 10.3 Å². The van der Waals surface area contributed by atoms with Crippen molar-refractivity contribution in [3.8, 4) is 0 Å². The third-order valence-electron chi connectivity index (χ3n) is 2.84. The van der Waals surface area contributed by atoms with Gasteiger partial charge in [0.1, 0.15) is 0 Å². The average molecular weight is 245 g/mol. The Labute approximate surface area is 105 Å². The van der Waals surface area contributed by atoms with Crippen molar-refractivity contribution >= 4 is 17.9 Å². The summed E-state index contributed by atoms with van der Waals surface area (Å²) in [4.78, 5) is 17.0. The van der Waals surface area contributed by atoms with E-state index in [1.54, 1.807) is 20.2 Å². The molecule has 5 nitrogen and oxygen atoms in total. The molecule has 1 aromatic carbocycles. The van der Waals surface area contributed by atoms with E-state index < -0.39 is 11.8 Å². The minimum Gasteiger partial charge on any atom is -0.477 e. The van der Waals surface area contributed by atoms with E-state index in [9.17, 15) is 9.90 Å². The number of rotatable bonds is 3. The lowest BCUT2D eigenvalue weighted by atomic mass is 10.1. The van der Waals surface area contributed by atoms with Crippen molar-refractivity contribution in [2.75, 3.05) is 14.1 Å². The van der Waals surface area contributed by atoms with Crippen LogP contribution in [0.5, 0.6) is 0 Å². The van der Waals surface area contributed by atoms with Crippen molar-refractivity contribution in [3.63, 3.8) is 0 Å². The predicted octanol–water partition coefficient (Wildman–Crippen LogP) is 1.00. The molecule has 18 heavy (non-hydrogen) atoms. The summed E-state index contributed by atoms with van der Waals surface area (Å²) in [6, 6.07) is 9.56. The van der Waals surface area contributed by atoms with Crippen molar-refractivity contribution in [3.05, 3.63) is 42.0 Å². The van der Waals surface area contributed by atoms with Gasteiger partial charge in [0.2, 0.25) is 0 Å². The van der Waals surface area contributed by atoms with Gasteiger partial charge in [0.05, 0.1) is 0 Å². The first-order valence-corrected chi connectivity index (χ1v) is 5.56. The molecule has 1 unspecified atom stereocenters. The zero-order chi connectivity index (χ0) is 13.2. The number of aliphatic imine (C=N–C) groups is 1. The van der Waals surface area contributed by atoms with Gasteiger partial charge in [-0.25, -0.2) is 9.79 Å². The fourth-order valence-electron chi connectivity index (χ4n) is 1.79. The van der Waals surface area contributed by atoms with Crippen LogP contribution in [0.2, 0.25) is 0 Å². The number of benzene rings is 1. The van der Waals surface area contributed by atoms with Gasteiger partial charge < -0.3 is 10.4 Å². The number of aliphatic carboxylic acids is 1. The highest BCUT2D eigenvalue weighted by molar-refractivity contribution is 5.92. The predicted molar refractivity (Wildman–Crippen MR) is 70.1 cm³/mol. The molecule has 0 aromatic heterocycles. The second-order valence-corrected chi connectivity index (χ2v) is 4.22. The highest BCUT2D eigenvalue weighted by Gasteiger charge is 2.42. The van der Waals surface area contributed by atoms with Gasteiger partial charge in [-0.15, -0.1) is 0 Å². The Hall–Kier alpha value is -2.14. The normalized spacial score (nSPS) is 22.5. The number of hydrogen-bond donors (Lipinski definition) is 2. The van der Waals surface area contributed by atoms with E-state index in [-0.39, 0.29) is 0 Å². The number of carboxylic acids is 1. The van der Waals surface area contributed by atoms with Gasteiger partial charge >= 0.3 is 5.97 Å². The first kappa shape index (κ1) is 12.3. The van der Waals surface area contributed by atoms with Crippen LogP contribution in [0.3, 0.4) is 0 Å². The summed E-state index contributed by atoms with van der Waals surface area (Å²) in [5, 5.41) is 12.4. The smallest absolute Gasteiger partial charge is 0.369 e. The second kappa shape index (κ2) is 4.62. The molecule has 1 aliphatic rings. The number of nitrogens with one attached hydrogen (secondary N) is 1. The highest BCUT2D eigenvalue weighted by Crippen LogP contribution is 2.21. The molecule has 1 aromatic rings. The van der Waals surface area contributed by atoms with E-state index in [0.29, 0.717) is 0 Å². The molecule has 0 saturated carbocycles. The molecule has 2 rings (SSSR count). The Morgan fingerprint density at radius 2 is 2.00 bits per heavy atom. The van der Waals surface area contributed by atoms with Crippen LogP contribution in [0, 0.1) is 0 Å². The Morgan fingerprint density at radius 3 is 2.56 bits per heavy atom. The van der Waals surface area contributed by atoms with Crippen molar-refractivity contribution in [1.29, 1.82) is 0 Å². The van der Waals surface area contributed by atoms with Gasteiger partial charge in [-0.05, 0) is 25.7 Å². The highest BCUT2D eigenvalue weighted by atomic mass is 16.4. The summed E-state index contributed by atoms with van der Waals surface area (Å²) in [7, 11) is 3.35. The molecule has 0 bridgehead atoms. The molecule has 0 radical (unpaired) electrons. The van der Waals surface area contributed by atoms with Crippen LogP contribution >= 0.6 is 0 Å². The Bertz CT molecular complexity index is 508. The van der Waals surface area contributed by atoms with Crippen molar-refractivity contribution in [2.45, 2.75) is 5.79 Å².